The molecule has 2 unspecified atom stereocenters. The molecule has 1 aromatic heterocycles. The summed E-state index contributed by atoms with van der Waals surface area (Å²) in [5.74, 6) is 0.147. The third-order valence-electron chi connectivity index (χ3n) is 4.02. The molecule has 5 nitrogen and oxygen atoms in total. The van der Waals surface area contributed by atoms with Gasteiger partial charge in [-0.05, 0) is 19.3 Å². The zero-order chi connectivity index (χ0) is 12.9. The van der Waals surface area contributed by atoms with Crippen LogP contribution in [0.25, 0.3) is 0 Å². The van der Waals surface area contributed by atoms with Crippen LogP contribution in [-0.2, 0) is 10.3 Å². The lowest BCUT2D eigenvalue weighted by atomic mass is 10.1. The summed E-state index contributed by atoms with van der Waals surface area (Å²) in [6.07, 6.45) is 1.27. The summed E-state index contributed by atoms with van der Waals surface area (Å²) < 4.78 is 20.4. The van der Waals surface area contributed by atoms with Crippen molar-refractivity contribution in [3.8, 4) is 0 Å². The molecule has 0 amide bonds. The van der Waals surface area contributed by atoms with E-state index in [9.17, 15) is 9.18 Å². The number of hydrogen-bond donors (Lipinski definition) is 0. The number of ether oxygens (including phenoxy) is 1. The van der Waals surface area contributed by atoms with E-state index in [1.165, 1.54) is 0 Å². The van der Waals surface area contributed by atoms with Gasteiger partial charge in [0.1, 0.15) is 0 Å². The summed E-state index contributed by atoms with van der Waals surface area (Å²) in [4.78, 5) is 15.6. The molecule has 1 saturated carbocycles. The minimum Gasteiger partial charge on any atom is -0.460 e. The van der Waals surface area contributed by atoms with Gasteiger partial charge in [-0.2, -0.15) is 0 Å². The van der Waals surface area contributed by atoms with Crippen LogP contribution < -0.4 is 0 Å². The summed E-state index contributed by atoms with van der Waals surface area (Å²) in [7, 11) is 0. The van der Waals surface area contributed by atoms with Gasteiger partial charge in [0, 0.05) is 6.42 Å². The fourth-order valence-corrected chi connectivity index (χ4v) is 3.03. The van der Waals surface area contributed by atoms with Crippen LogP contribution in [0.5, 0.6) is 0 Å². The van der Waals surface area contributed by atoms with Gasteiger partial charge in [0.25, 0.3) is 5.82 Å². The Morgan fingerprint density at radius 2 is 2.33 bits per heavy atom. The number of aromatic nitrogens is 3. The van der Waals surface area contributed by atoms with Crippen molar-refractivity contribution >= 4 is 5.97 Å². The Morgan fingerprint density at radius 1 is 1.56 bits per heavy atom. The number of carbonyl (C=O) groups excluding carboxylic acids is 1. The average Bonchev–Trinajstić information content (AvgIpc) is 2.76. The monoisotopic (exact) mass is 253 g/mol. The minimum absolute atomic E-state index is 0.0182. The van der Waals surface area contributed by atoms with Gasteiger partial charge in [0.15, 0.2) is 12.0 Å². The first-order valence-corrected chi connectivity index (χ1v) is 6.41. The highest BCUT2D eigenvalue weighted by molar-refractivity contribution is 5.85. The molecule has 0 saturated heterocycles. The molecule has 2 aliphatic rings. The number of hydrogen-bond acceptors (Lipinski definition) is 4. The fraction of sp³-hybridized carbons (Fsp3) is 0.750. The zero-order valence-electron chi connectivity index (χ0n) is 10.5. The lowest BCUT2D eigenvalue weighted by Crippen LogP contribution is -2.18. The number of halogens is 1. The van der Waals surface area contributed by atoms with Gasteiger partial charge >= 0.3 is 5.97 Å². The Kier molecular flexibility index (Phi) is 2.43. The number of fused-ring (bicyclic) bond motifs is 2. The maximum atomic E-state index is 13.9. The molecule has 2 heterocycles. The number of esters is 1. The lowest BCUT2D eigenvalue weighted by molar-refractivity contribution is 0.0510. The van der Waals surface area contributed by atoms with Crippen LogP contribution in [0, 0.1) is 5.92 Å². The number of alkyl halides is 1. The van der Waals surface area contributed by atoms with Gasteiger partial charge < -0.3 is 4.74 Å². The third kappa shape index (κ3) is 1.41. The van der Waals surface area contributed by atoms with E-state index in [1.54, 1.807) is 11.6 Å². The van der Waals surface area contributed by atoms with Crippen LogP contribution in [0.3, 0.4) is 0 Å². The molecule has 3 atom stereocenters. The van der Waals surface area contributed by atoms with Crippen LogP contribution in [0.15, 0.2) is 0 Å². The second-order valence-corrected chi connectivity index (χ2v) is 5.01. The normalized spacial score (nSPS) is 32.6. The first-order valence-electron chi connectivity index (χ1n) is 6.41. The van der Waals surface area contributed by atoms with Gasteiger partial charge in [-0.3, -0.25) is 0 Å². The number of carbonyl (C=O) groups is 1. The van der Waals surface area contributed by atoms with Crippen LogP contribution in [0.1, 0.15) is 55.7 Å². The molecule has 0 aromatic carbocycles. The summed E-state index contributed by atoms with van der Waals surface area (Å²) in [6.45, 7) is 4.08. The molecular weight excluding hydrogens is 237 g/mol. The Bertz CT molecular complexity index is 502. The highest BCUT2D eigenvalue weighted by Crippen LogP contribution is 2.61. The fourth-order valence-electron chi connectivity index (χ4n) is 3.03. The van der Waals surface area contributed by atoms with Crippen LogP contribution >= 0.6 is 0 Å². The number of rotatable bonds is 3. The summed E-state index contributed by atoms with van der Waals surface area (Å²) >= 11 is 0. The summed E-state index contributed by atoms with van der Waals surface area (Å²) in [6, 6.07) is 0. The molecule has 0 radical (unpaired) electrons. The topological polar surface area (TPSA) is 57.0 Å². The molecule has 3 rings (SSSR count). The van der Waals surface area contributed by atoms with Crippen molar-refractivity contribution in [3.63, 3.8) is 0 Å². The van der Waals surface area contributed by atoms with E-state index >= 15 is 0 Å². The van der Waals surface area contributed by atoms with E-state index in [0.29, 0.717) is 12.3 Å². The molecule has 1 fully saturated rings. The SMILES string of the molecule is CCOC(=O)c1nc2n(n1)C1(CC1CC)C[C@@H]2F. The highest BCUT2D eigenvalue weighted by Gasteiger charge is 2.62. The van der Waals surface area contributed by atoms with Crippen molar-refractivity contribution in [2.75, 3.05) is 6.61 Å². The Morgan fingerprint density at radius 3 is 2.94 bits per heavy atom. The minimum atomic E-state index is -1.11. The van der Waals surface area contributed by atoms with Crippen molar-refractivity contribution in [2.45, 2.75) is 44.8 Å². The Hall–Kier alpha value is -1.46. The Balaban J connectivity index is 1.93. The summed E-state index contributed by atoms with van der Waals surface area (Å²) in [5, 5.41) is 4.16. The molecule has 18 heavy (non-hydrogen) atoms. The average molecular weight is 253 g/mol. The molecule has 1 aromatic rings. The van der Waals surface area contributed by atoms with E-state index in [2.05, 4.69) is 17.0 Å². The van der Waals surface area contributed by atoms with Crippen LogP contribution in [0.4, 0.5) is 4.39 Å². The molecule has 98 valence electrons. The molecule has 1 aliphatic heterocycles. The van der Waals surface area contributed by atoms with Crippen molar-refractivity contribution in [2.24, 2.45) is 5.92 Å². The van der Waals surface area contributed by atoms with E-state index < -0.39 is 12.1 Å². The summed E-state index contributed by atoms with van der Waals surface area (Å²) in [5.41, 5.74) is -0.221. The lowest BCUT2D eigenvalue weighted by Gasteiger charge is -2.09. The smallest absolute Gasteiger partial charge is 0.378 e. The van der Waals surface area contributed by atoms with Crippen molar-refractivity contribution in [1.29, 1.82) is 0 Å². The maximum Gasteiger partial charge on any atom is 0.378 e. The first-order chi connectivity index (χ1) is 8.62. The number of nitrogens with zero attached hydrogens (tertiary/aromatic N) is 3. The zero-order valence-corrected chi connectivity index (χ0v) is 10.5. The molecule has 6 heteroatoms. The molecule has 0 N–H and O–H groups in total. The van der Waals surface area contributed by atoms with Gasteiger partial charge in [0.2, 0.25) is 0 Å². The van der Waals surface area contributed by atoms with Crippen LogP contribution in [-0.4, -0.2) is 27.3 Å². The standard InChI is InChI=1S/C12H16FN3O2/c1-3-7-5-12(7)6-8(13)10-14-9(15-16(10)12)11(17)18-4-2/h7-8H,3-6H2,1-2H3/t7?,8-,12?/m0/s1. The quantitative estimate of drug-likeness (QED) is 0.773. The van der Waals surface area contributed by atoms with Gasteiger partial charge in [0.05, 0.1) is 12.1 Å². The first kappa shape index (κ1) is 11.6. The maximum absolute atomic E-state index is 13.9. The molecule has 0 bridgehead atoms. The largest absolute Gasteiger partial charge is 0.460 e. The van der Waals surface area contributed by atoms with Gasteiger partial charge in [-0.15, -0.1) is 5.10 Å². The van der Waals surface area contributed by atoms with E-state index in [-0.39, 0.29) is 23.8 Å². The third-order valence-corrected chi connectivity index (χ3v) is 4.02. The predicted molar refractivity (Wildman–Crippen MR) is 60.8 cm³/mol. The van der Waals surface area contributed by atoms with Crippen molar-refractivity contribution in [1.82, 2.24) is 14.8 Å². The second-order valence-electron chi connectivity index (χ2n) is 5.01. The Labute approximate surface area is 104 Å². The van der Waals surface area contributed by atoms with Crippen LogP contribution in [0.2, 0.25) is 0 Å². The van der Waals surface area contributed by atoms with E-state index in [0.717, 1.165) is 12.8 Å². The van der Waals surface area contributed by atoms with Gasteiger partial charge in [-0.1, -0.05) is 13.3 Å². The van der Waals surface area contributed by atoms with E-state index in [4.69, 9.17) is 4.74 Å². The van der Waals surface area contributed by atoms with Crippen molar-refractivity contribution in [3.05, 3.63) is 11.6 Å². The van der Waals surface area contributed by atoms with E-state index in [1.807, 2.05) is 0 Å². The van der Waals surface area contributed by atoms with Gasteiger partial charge in [-0.25, -0.2) is 18.9 Å². The molecular formula is C12H16FN3O2. The predicted octanol–water partition coefficient (Wildman–Crippen LogP) is 1.99. The second kappa shape index (κ2) is 3.76. The highest BCUT2D eigenvalue weighted by atomic mass is 19.1. The molecule has 1 spiro atoms. The van der Waals surface area contributed by atoms with Crippen molar-refractivity contribution < 1.29 is 13.9 Å². The molecule has 1 aliphatic carbocycles.